The lowest BCUT2D eigenvalue weighted by Crippen LogP contribution is -2.44. The molecule has 0 amide bonds. The molecule has 0 aliphatic carbocycles. The lowest BCUT2D eigenvalue weighted by atomic mass is 10.2. The molecule has 1 fully saturated rings. The van der Waals surface area contributed by atoms with Crippen molar-refractivity contribution in [2.24, 2.45) is 5.73 Å². The highest BCUT2D eigenvalue weighted by atomic mass is 16.4. The minimum atomic E-state index is -0.992. The summed E-state index contributed by atoms with van der Waals surface area (Å²) in [7, 11) is 0. The van der Waals surface area contributed by atoms with E-state index in [-0.39, 0.29) is 12.1 Å². The van der Waals surface area contributed by atoms with Gasteiger partial charge >= 0.3 is 5.97 Å². The highest BCUT2D eigenvalue weighted by Crippen LogP contribution is 2.16. The Bertz CT molecular complexity index is 198. The number of carboxylic acid groups (broad SMARTS) is 1. The van der Waals surface area contributed by atoms with Crippen LogP contribution in [0.4, 0.5) is 0 Å². The zero-order chi connectivity index (χ0) is 10.0. The van der Waals surface area contributed by atoms with Gasteiger partial charge in [-0.05, 0) is 13.3 Å². The normalized spacial score (nSPS) is 31.9. The summed E-state index contributed by atoms with van der Waals surface area (Å²) in [5, 5.41) is 17.9. The van der Waals surface area contributed by atoms with Gasteiger partial charge in [0.1, 0.15) is 6.04 Å². The SMILES string of the molecule is CC1CC(O)CN1CC(N)C(=O)O. The van der Waals surface area contributed by atoms with Crippen molar-refractivity contribution in [3.05, 3.63) is 0 Å². The Morgan fingerprint density at radius 2 is 2.38 bits per heavy atom. The summed E-state index contributed by atoms with van der Waals surface area (Å²) in [5.41, 5.74) is 5.38. The second-order valence-corrected chi connectivity index (χ2v) is 3.64. The smallest absolute Gasteiger partial charge is 0.321 e. The number of nitrogens with zero attached hydrogens (tertiary/aromatic N) is 1. The molecule has 0 radical (unpaired) electrons. The Morgan fingerprint density at radius 3 is 2.77 bits per heavy atom. The molecule has 3 unspecified atom stereocenters. The van der Waals surface area contributed by atoms with Gasteiger partial charge in [-0.15, -0.1) is 0 Å². The first-order valence-electron chi connectivity index (χ1n) is 4.41. The Kier molecular flexibility index (Phi) is 3.24. The third-order valence-electron chi connectivity index (χ3n) is 2.43. The quantitative estimate of drug-likeness (QED) is 0.521. The Hall–Kier alpha value is -0.650. The summed E-state index contributed by atoms with van der Waals surface area (Å²) in [4.78, 5) is 12.4. The van der Waals surface area contributed by atoms with Crippen LogP contribution in [0, 0.1) is 0 Å². The van der Waals surface area contributed by atoms with Crippen LogP contribution in [0.3, 0.4) is 0 Å². The van der Waals surface area contributed by atoms with Crippen LogP contribution in [0.15, 0.2) is 0 Å². The van der Waals surface area contributed by atoms with Gasteiger partial charge in [-0.1, -0.05) is 0 Å². The van der Waals surface area contributed by atoms with Crippen LogP contribution in [-0.4, -0.2) is 52.4 Å². The summed E-state index contributed by atoms with van der Waals surface area (Å²) in [6, 6.07) is -0.631. The van der Waals surface area contributed by atoms with E-state index in [0.717, 1.165) is 0 Å². The first-order valence-corrected chi connectivity index (χ1v) is 4.41. The molecule has 1 rings (SSSR count). The molecule has 76 valence electrons. The number of rotatable bonds is 3. The maximum absolute atomic E-state index is 10.5. The third kappa shape index (κ3) is 2.65. The molecular weight excluding hydrogens is 172 g/mol. The van der Waals surface area contributed by atoms with E-state index >= 15 is 0 Å². The van der Waals surface area contributed by atoms with Crippen molar-refractivity contribution >= 4 is 5.97 Å². The molecular formula is C8H16N2O3. The van der Waals surface area contributed by atoms with E-state index in [1.165, 1.54) is 0 Å². The second kappa shape index (κ2) is 4.04. The van der Waals surface area contributed by atoms with E-state index < -0.39 is 12.0 Å². The number of carbonyl (C=O) groups is 1. The molecule has 0 aromatic rings. The monoisotopic (exact) mass is 188 g/mol. The van der Waals surface area contributed by atoms with Crippen LogP contribution in [0.5, 0.6) is 0 Å². The fourth-order valence-electron chi connectivity index (χ4n) is 1.65. The molecule has 5 heteroatoms. The molecule has 1 aliphatic rings. The van der Waals surface area contributed by atoms with E-state index in [1.807, 2.05) is 11.8 Å². The molecule has 1 aliphatic heterocycles. The van der Waals surface area contributed by atoms with Gasteiger partial charge in [0.2, 0.25) is 0 Å². The van der Waals surface area contributed by atoms with E-state index in [9.17, 15) is 9.90 Å². The van der Waals surface area contributed by atoms with Gasteiger partial charge in [0.25, 0.3) is 0 Å². The number of aliphatic hydroxyl groups excluding tert-OH is 1. The summed E-state index contributed by atoms with van der Waals surface area (Å²) in [5.74, 6) is -0.992. The third-order valence-corrected chi connectivity index (χ3v) is 2.43. The lowest BCUT2D eigenvalue weighted by molar-refractivity contribution is -0.139. The number of β-amino-alcohol motifs (C(OH)–C–C–N with tert-alkyl or cyclic N) is 1. The molecule has 13 heavy (non-hydrogen) atoms. The number of carboxylic acids is 1. The van der Waals surface area contributed by atoms with Crippen molar-refractivity contribution < 1.29 is 15.0 Å². The lowest BCUT2D eigenvalue weighted by Gasteiger charge is -2.22. The molecule has 5 nitrogen and oxygen atoms in total. The summed E-state index contributed by atoms with van der Waals surface area (Å²) in [6.45, 7) is 2.81. The molecule has 0 spiro atoms. The average Bonchev–Trinajstić information content (AvgIpc) is 2.30. The van der Waals surface area contributed by atoms with Crippen molar-refractivity contribution in [1.29, 1.82) is 0 Å². The summed E-state index contributed by atoms with van der Waals surface area (Å²) < 4.78 is 0. The minimum Gasteiger partial charge on any atom is -0.480 e. The summed E-state index contributed by atoms with van der Waals surface area (Å²) in [6.07, 6.45) is 0.364. The highest BCUT2D eigenvalue weighted by Gasteiger charge is 2.29. The van der Waals surface area contributed by atoms with Crippen LogP contribution < -0.4 is 5.73 Å². The fourth-order valence-corrected chi connectivity index (χ4v) is 1.65. The maximum atomic E-state index is 10.5. The molecule has 1 saturated heterocycles. The Balaban J connectivity index is 2.41. The molecule has 3 atom stereocenters. The van der Waals surface area contributed by atoms with Crippen molar-refractivity contribution in [1.82, 2.24) is 4.90 Å². The Morgan fingerprint density at radius 1 is 1.77 bits per heavy atom. The van der Waals surface area contributed by atoms with Gasteiger partial charge in [-0.3, -0.25) is 9.69 Å². The summed E-state index contributed by atoms with van der Waals surface area (Å²) >= 11 is 0. The maximum Gasteiger partial charge on any atom is 0.321 e. The van der Waals surface area contributed by atoms with Gasteiger partial charge in [0.05, 0.1) is 6.10 Å². The molecule has 0 saturated carbocycles. The van der Waals surface area contributed by atoms with Gasteiger partial charge < -0.3 is 15.9 Å². The molecule has 0 aromatic carbocycles. The van der Waals surface area contributed by atoms with Gasteiger partial charge in [-0.2, -0.15) is 0 Å². The van der Waals surface area contributed by atoms with Gasteiger partial charge in [0.15, 0.2) is 0 Å². The van der Waals surface area contributed by atoms with Crippen LogP contribution in [0.25, 0.3) is 0 Å². The number of aliphatic carboxylic acids is 1. The van der Waals surface area contributed by atoms with Crippen molar-refractivity contribution in [2.75, 3.05) is 13.1 Å². The fraction of sp³-hybridized carbons (Fsp3) is 0.875. The molecule has 4 N–H and O–H groups in total. The first kappa shape index (κ1) is 10.4. The van der Waals surface area contributed by atoms with Crippen LogP contribution in [0.1, 0.15) is 13.3 Å². The largest absolute Gasteiger partial charge is 0.480 e. The van der Waals surface area contributed by atoms with Crippen LogP contribution in [-0.2, 0) is 4.79 Å². The molecule has 0 aromatic heterocycles. The number of hydrogen-bond acceptors (Lipinski definition) is 4. The molecule has 0 bridgehead atoms. The number of likely N-dealkylation sites (tertiary alicyclic amines) is 1. The minimum absolute atomic E-state index is 0.223. The zero-order valence-corrected chi connectivity index (χ0v) is 7.68. The standard InChI is InChI=1S/C8H16N2O3/c1-5-2-6(11)3-10(5)4-7(9)8(12)13/h5-7,11H,2-4,9H2,1H3,(H,12,13). The average molecular weight is 188 g/mol. The topological polar surface area (TPSA) is 86.8 Å². The van der Waals surface area contributed by atoms with Crippen molar-refractivity contribution in [3.63, 3.8) is 0 Å². The first-order chi connectivity index (χ1) is 6.00. The van der Waals surface area contributed by atoms with Crippen molar-refractivity contribution in [3.8, 4) is 0 Å². The number of hydrogen-bond donors (Lipinski definition) is 3. The van der Waals surface area contributed by atoms with E-state index in [0.29, 0.717) is 19.5 Å². The second-order valence-electron chi connectivity index (χ2n) is 3.64. The predicted octanol–water partition coefficient (Wildman–Crippen LogP) is -1.15. The van der Waals surface area contributed by atoms with E-state index in [2.05, 4.69) is 0 Å². The predicted molar refractivity (Wildman–Crippen MR) is 47.3 cm³/mol. The highest BCUT2D eigenvalue weighted by molar-refractivity contribution is 5.73. The number of aliphatic hydroxyl groups is 1. The van der Waals surface area contributed by atoms with Gasteiger partial charge in [-0.25, -0.2) is 0 Å². The zero-order valence-electron chi connectivity index (χ0n) is 7.68. The van der Waals surface area contributed by atoms with Gasteiger partial charge in [0, 0.05) is 19.1 Å². The van der Waals surface area contributed by atoms with E-state index in [4.69, 9.17) is 10.8 Å². The van der Waals surface area contributed by atoms with Crippen LogP contribution in [0.2, 0.25) is 0 Å². The Labute approximate surface area is 77.1 Å². The van der Waals surface area contributed by atoms with Crippen molar-refractivity contribution in [2.45, 2.75) is 31.5 Å². The van der Waals surface area contributed by atoms with Crippen LogP contribution >= 0.6 is 0 Å². The van der Waals surface area contributed by atoms with E-state index in [1.54, 1.807) is 0 Å². The number of nitrogens with two attached hydrogens (primary N) is 1. The molecule has 1 heterocycles.